The van der Waals surface area contributed by atoms with Crippen molar-refractivity contribution in [2.45, 2.75) is 30.2 Å². The summed E-state index contributed by atoms with van der Waals surface area (Å²) >= 11 is 0. The number of nitrogens with one attached hydrogen (secondary N) is 4. The van der Waals surface area contributed by atoms with Gasteiger partial charge in [-0.3, -0.25) is 24.7 Å². The number of nitrogens with zero attached hydrogens (tertiary/aromatic N) is 1. The summed E-state index contributed by atoms with van der Waals surface area (Å²) in [5.74, 6) is -1.67. The van der Waals surface area contributed by atoms with Gasteiger partial charge in [0.05, 0.1) is 4.90 Å². The number of guanidine groups is 1. The van der Waals surface area contributed by atoms with Crippen molar-refractivity contribution in [3.05, 3.63) is 77.9 Å². The third-order valence-electron chi connectivity index (χ3n) is 6.11. The molecule has 0 saturated carbocycles. The lowest BCUT2D eigenvalue weighted by Crippen LogP contribution is -2.48. The molecule has 1 aliphatic heterocycles. The second-order valence-corrected chi connectivity index (χ2v) is 10.6. The average molecular weight is 552 g/mol. The summed E-state index contributed by atoms with van der Waals surface area (Å²) < 4.78 is 28.2. The molecule has 0 bridgehead atoms. The number of carboxylic acid groups (broad SMARTS) is 1. The van der Waals surface area contributed by atoms with Crippen LogP contribution in [0, 0.1) is 0 Å². The van der Waals surface area contributed by atoms with E-state index in [4.69, 9.17) is 0 Å². The monoisotopic (exact) mass is 551 g/mol. The highest BCUT2D eigenvalue weighted by atomic mass is 32.2. The minimum atomic E-state index is -4.20. The Morgan fingerprint density at radius 2 is 1.74 bits per heavy atom. The van der Waals surface area contributed by atoms with E-state index in [9.17, 15) is 27.9 Å². The van der Waals surface area contributed by atoms with Gasteiger partial charge in [-0.25, -0.2) is 8.42 Å². The summed E-state index contributed by atoms with van der Waals surface area (Å²) in [4.78, 5) is 40.7. The highest BCUT2D eigenvalue weighted by molar-refractivity contribution is 7.89. The van der Waals surface area contributed by atoms with E-state index in [-0.39, 0.29) is 22.8 Å². The van der Waals surface area contributed by atoms with E-state index >= 15 is 0 Å². The molecule has 1 heterocycles. The fraction of sp³-hybridized carbons (Fsp3) is 0.259. The molecule has 1 unspecified atom stereocenters. The Morgan fingerprint density at radius 1 is 1.00 bits per heavy atom. The molecule has 0 aromatic heterocycles. The van der Waals surface area contributed by atoms with Gasteiger partial charge in [0.15, 0.2) is 5.96 Å². The normalized spacial score (nSPS) is 14.1. The van der Waals surface area contributed by atoms with Crippen LogP contribution in [0.1, 0.15) is 28.8 Å². The molecule has 0 fully saturated rings. The van der Waals surface area contributed by atoms with Crippen LogP contribution in [0.4, 0.5) is 0 Å². The lowest BCUT2D eigenvalue weighted by atomic mass is 10.1. The van der Waals surface area contributed by atoms with Gasteiger partial charge in [0.25, 0.3) is 5.91 Å². The van der Waals surface area contributed by atoms with Gasteiger partial charge < -0.3 is 15.7 Å². The second kappa shape index (κ2) is 12.5. The number of aliphatic carboxylic acids is 1. The lowest BCUT2D eigenvalue weighted by molar-refractivity contribution is -0.138. The molecule has 5 N–H and O–H groups in total. The van der Waals surface area contributed by atoms with E-state index in [0.29, 0.717) is 29.7 Å². The fourth-order valence-corrected chi connectivity index (χ4v) is 5.47. The minimum absolute atomic E-state index is 0.0505. The zero-order chi connectivity index (χ0) is 27.8. The van der Waals surface area contributed by atoms with Crippen molar-refractivity contribution in [3.63, 3.8) is 0 Å². The van der Waals surface area contributed by atoms with Gasteiger partial charge in [0.2, 0.25) is 15.9 Å². The average Bonchev–Trinajstić information content (AvgIpc) is 2.94. The summed E-state index contributed by atoms with van der Waals surface area (Å²) in [5.41, 5.74) is 1.11. The van der Waals surface area contributed by atoms with Gasteiger partial charge in [-0.1, -0.05) is 48.5 Å². The molecule has 0 spiro atoms. The predicted molar refractivity (Wildman–Crippen MR) is 146 cm³/mol. The smallest absolute Gasteiger partial charge is 0.323 e. The molecular weight excluding hydrogens is 522 g/mol. The predicted octanol–water partition coefficient (Wildman–Crippen LogP) is 1.40. The maximum absolute atomic E-state index is 13.0. The van der Waals surface area contributed by atoms with Crippen molar-refractivity contribution in [2.24, 2.45) is 4.99 Å². The fourth-order valence-electron chi connectivity index (χ4n) is 4.05. The number of hydrogen-bond donors (Lipinski definition) is 5. The molecule has 0 aliphatic carbocycles. The van der Waals surface area contributed by atoms with Crippen LogP contribution in [-0.4, -0.2) is 62.9 Å². The van der Waals surface area contributed by atoms with Crippen LogP contribution >= 0.6 is 0 Å². The first-order chi connectivity index (χ1) is 18.7. The number of rotatable bonds is 10. The molecular formula is C27H29N5O6S. The lowest BCUT2D eigenvalue weighted by Gasteiger charge is -2.17. The van der Waals surface area contributed by atoms with Crippen molar-refractivity contribution in [3.8, 4) is 0 Å². The zero-order valence-corrected chi connectivity index (χ0v) is 21.8. The molecule has 0 radical (unpaired) electrons. The number of carboxylic acids is 1. The number of hydrogen-bond acceptors (Lipinski definition) is 7. The van der Waals surface area contributed by atoms with Gasteiger partial charge in [0.1, 0.15) is 6.04 Å². The number of fused-ring (bicyclic) bond motifs is 1. The molecule has 39 heavy (non-hydrogen) atoms. The van der Waals surface area contributed by atoms with Crippen molar-refractivity contribution >= 4 is 44.5 Å². The van der Waals surface area contributed by atoms with Crippen molar-refractivity contribution in [1.82, 2.24) is 20.7 Å². The third kappa shape index (κ3) is 7.39. The SMILES string of the molecule is O=C(CCc1ccc(C(=O)NCC(NS(=O)(=O)c2cccc3ccccc23)C(=O)O)cc1)NC1=NCCCN1. The molecule has 11 nitrogen and oxygen atoms in total. The molecule has 4 rings (SSSR count). The molecule has 3 aromatic rings. The Hall–Kier alpha value is -4.29. The summed E-state index contributed by atoms with van der Waals surface area (Å²) in [6.45, 7) is 0.985. The van der Waals surface area contributed by atoms with Crippen LogP contribution in [0.25, 0.3) is 10.8 Å². The number of carbonyl (C=O) groups is 3. The van der Waals surface area contributed by atoms with Gasteiger partial charge in [-0.15, -0.1) is 0 Å². The van der Waals surface area contributed by atoms with E-state index in [1.165, 1.54) is 6.07 Å². The van der Waals surface area contributed by atoms with Gasteiger partial charge in [-0.2, -0.15) is 4.72 Å². The van der Waals surface area contributed by atoms with E-state index < -0.39 is 34.5 Å². The molecule has 1 atom stereocenters. The van der Waals surface area contributed by atoms with Crippen LogP contribution < -0.4 is 20.7 Å². The Labute approximate surface area is 225 Å². The van der Waals surface area contributed by atoms with Crippen molar-refractivity contribution in [2.75, 3.05) is 19.6 Å². The van der Waals surface area contributed by atoms with E-state index in [1.807, 2.05) is 0 Å². The van der Waals surface area contributed by atoms with E-state index in [2.05, 4.69) is 25.7 Å². The molecule has 0 saturated heterocycles. The highest BCUT2D eigenvalue weighted by Gasteiger charge is 2.27. The Balaban J connectivity index is 1.32. The van der Waals surface area contributed by atoms with Crippen LogP contribution in [0.2, 0.25) is 0 Å². The minimum Gasteiger partial charge on any atom is -0.480 e. The Morgan fingerprint density at radius 3 is 2.46 bits per heavy atom. The van der Waals surface area contributed by atoms with Crippen molar-refractivity contribution < 1.29 is 27.9 Å². The van der Waals surface area contributed by atoms with Crippen LogP contribution in [0.3, 0.4) is 0 Å². The van der Waals surface area contributed by atoms with Gasteiger partial charge in [-0.05, 0) is 42.0 Å². The molecule has 2 amide bonds. The summed E-state index contributed by atoms with van der Waals surface area (Å²) in [5, 5.41) is 19.0. The number of aliphatic imine (C=N–C) groups is 1. The molecule has 3 aromatic carbocycles. The number of sulfonamides is 1. The Kier molecular flexibility index (Phi) is 8.89. The number of amides is 2. The maximum Gasteiger partial charge on any atom is 0.323 e. The summed E-state index contributed by atoms with van der Waals surface area (Å²) in [6.07, 6.45) is 1.62. The number of benzene rings is 3. The first kappa shape index (κ1) is 27.7. The van der Waals surface area contributed by atoms with Gasteiger partial charge >= 0.3 is 5.97 Å². The zero-order valence-electron chi connectivity index (χ0n) is 21.0. The number of aryl methyl sites for hydroxylation is 1. The maximum atomic E-state index is 13.0. The van der Waals surface area contributed by atoms with Crippen LogP contribution in [-0.2, 0) is 26.0 Å². The standard InChI is InChI=1S/C27H29N5O6S/c33-24(31-27-28-15-4-16-29-27)14-11-18-9-12-20(13-10-18)25(34)30-17-22(26(35)36)32-39(37,38)23-8-3-6-19-5-1-2-7-21(19)23/h1-3,5-10,12-13,22,32H,4,11,14-17H2,(H,30,34)(H,35,36)(H2,28,29,31,33). The summed E-state index contributed by atoms with van der Waals surface area (Å²) in [6, 6.07) is 16.5. The molecule has 204 valence electrons. The molecule has 12 heteroatoms. The van der Waals surface area contributed by atoms with Crippen molar-refractivity contribution in [1.29, 1.82) is 0 Å². The molecule has 1 aliphatic rings. The van der Waals surface area contributed by atoms with Crippen LogP contribution in [0.5, 0.6) is 0 Å². The first-order valence-corrected chi connectivity index (χ1v) is 13.9. The first-order valence-electron chi connectivity index (χ1n) is 12.4. The quantitative estimate of drug-likeness (QED) is 0.254. The second-order valence-electron chi connectivity index (χ2n) is 8.96. The number of carbonyl (C=O) groups excluding carboxylic acids is 2. The topological polar surface area (TPSA) is 166 Å². The van der Waals surface area contributed by atoms with Crippen LogP contribution in [0.15, 0.2) is 76.6 Å². The van der Waals surface area contributed by atoms with Gasteiger partial charge in [0, 0.05) is 37.0 Å². The largest absolute Gasteiger partial charge is 0.480 e. The summed E-state index contributed by atoms with van der Waals surface area (Å²) in [7, 11) is -4.20. The highest BCUT2D eigenvalue weighted by Crippen LogP contribution is 2.22. The van der Waals surface area contributed by atoms with E-state index in [1.54, 1.807) is 60.7 Å². The van der Waals surface area contributed by atoms with E-state index in [0.717, 1.165) is 18.5 Å². The third-order valence-corrected chi connectivity index (χ3v) is 7.64. The Bertz CT molecular complexity index is 1500.